The molecule has 4 aromatic heterocycles. The van der Waals surface area contributed by atoms with Crippen LogP contribution in [0, 0.1) is 0 Å². The van der Waals surface area contributed by atoms with Crippen molar-refractivity contribution in [1.82, 2.24) is 13.7 Å². The molecule has 4 heterocycles. The van der Waals surface area contributed by atoms with Gasteiger partial charge in [-0.05, 0) is 78.4 Å². The first-order valence-electron chi connectivity index (χ1n) is 19.9. The molecule has 270 valence electrons. The van der Waals surface area contributed by atoms with Crippen molar-refractivity contribution in [2.24, 2.45) is 0 Å². The molecule has 3 nitrogen and oxygen atoms in total. The second kappa shape index (κ2) is 12.1. The van der Waals surface area contributed by atoms with Crippen molar-refractivity contribution in [2.75, 3.05) is 0 Å². The predicted molar refractivity (Wildman–Crippen MR) is 248 cm³/mol. The van der Waals surface area contributed by atoms with E-state index in [2.05, 4.69) is 214 Å². The molecule has 4 heteroatoms. The Bertz CT molecular complexity index is 3800. The van der Waals surface area contributed by atoms with Gasteiger partial charge in [-0.2, -0.15) is 0 Å². The van der Waals surface area contributed by atoms with Gasteiger partial charge in [0.25, 0.3) is 0 Å². The van der Waals surface area contributed by atoms with E-state index in [9.17, 15) is 0 Å². The van der Waals surface area contributed by atoms with Gasteiger partial charge in [0.15, 0.2) is 0 Å². The van der Waals surface area contributed by atoms with Gasteiger partial charge >= 0.3 is 0 Å². The third-order valence-electron chi connectivity index (χ3n) is 12.2. The summed E-state index contributed by atoms with van der Waals surface area (Å²) < 4.78 is 10.0. The summed E-state index contributed by atoms with van der Waals surface area (Å²) in [4.78, 5) is 0. The minimum absolute atomic E-state index is 1.16. The van der Waals surface area contributed by atoms with Gasteiger partial charge in [0, 0.05) is 59.0 Å². The van der Waals surface area contributed by atoms with E-state index in [1.807, 2.05) is 11.3 Å². The van der Waals surface area contributed by atoms with E-state index in [0.29, 0.717) is 0 Å². The maximum absolute atomic E-state index is 2.49. The molecule has 0 radical (unpaired) electrons. The van der Waals surface area contributed by atoms with E-state index in [0.717, 1.165) is 5.69 Å². The van der Waals surface area contributed by atoms with E-state index in [4.69, 9.17) is 0 Å². The summed E-state index contributed by atoms with van der Waals surface area (Å²) in [6.07, 6.45) is 0. The number of aromatic nitrogens is 3. The molecule has 13 aromatic rings. The molecule has 9 aromatic carbocycles. The number of nitrogens with zero attached hydrogens (tertiary/aromatic N) is 3. The fourth-order valence-electron chi connectivity index (χ4n) is 9.85. The van der Waals surface area contributed by atoms with Gasteiger partial charge in [-0.1, -0.05) is 127 Å². The fraction of sp³-hybridized carbons (Fsp3) is 0. The highest BCUT2D eigenvalue weighted by atomic mass is 32.1. The Hall–Kier alpha value is -7.40. The number of para-hydroxylation sites is 5. The molecule has 0 amide bonds. The summed E-state index contributed by atoms with van der Waals surface area (Å²) >= 11 is 1.88. The minimum atomic E-state index is 1.16. The lowest BCUT2D eigenvalue weighted by molar-refractivity contribution is 1.17. The van der Waals surface area contributed by atoms with E-state index in [-0.39, 0.29) is 0 Å². The van der Waals surface area contributed by atoms with Crippen LogP contribution in [0.2, 0.25) is 0 Å². The average molecular weight is 756 g/mol. The van der Waals surface area contributed by atoms with Crippen LogP contribution in [0.1, 0.15) is 0 Å². The largest absolute Gasteiger partial charge is 0.309 e. The average Bonchev–Trinajstić information content (AvgIpc) is 4.03. The van der Waals surface area contributed by atoms with Gasteiger partial charge in [-0.3, -0.25) is 0 Å². The van der Waals surface area contributed by atoms with Crippen molar-refractivity contribution in [1.29, 1.82) is 0 Å². The maximum atomic E-state index is 2.49. The molecule has 0 aliphatic heterocycles. The first-order valence-corrected chi connectivity index (χ1v) is 20.7. The molecule has 0 aliphatic carbocycles. The Morgan fingerprint density at radius 1 is 0.310 bits per heavy atom. The molecule has 0 N–H and O–H groups in total. The summed E-state index contributed by atoms with van der Waals surface area (Å²) in [5.41, 5.74) is 13.2. The Balaban J connectivity index is 1.06. The molecule has 0 spiro atoms. The fourth-order valence-corrected chi connectivity index (χ4v) is 11.1. The number of hydrogen-bond acceptors (Lipinski definition) is 1. The van der Waals surface area contributed by atoms with Gasteiger partial charge in [0.2, 0.25) is 0 Å². The van der Waals surface area contributed by atoms with Gasteiger partial charge in [0.1, 0.15) is 0 Å². The van der Waals surface area contributed by atoms with Crippen LogP contribution in [-0.4, -0.2) is 13.7 Å². The zero-order valence-electron chi connectivity index (χ0n) is 31.3. The van der Waals surface area contributed by atoms with Crippen molar-refractivity contribution >= 4 is 96.9 Å². The highest BCUT2D eigenvalue weighted by Gasteiger charge is 2.22. The topological polar surface area (TPSA) is 14.8 Å². The van der Waals surface area contributed by atoms with E-state index < -0.39 is 0 Å². The summed E-state index contributed by atoms with van der Waals surface area (Å²) in [5.74, 6) is 0. The van der Waals surface area contributed by atoms with Crippen LogP contribution < -0.4 is 0 Å². The lowest BCUT2D eigenvalue weighted by atomic mass is 10.0. The van der Waals surface area contributed by atoms with Crippen LogP contribution in [0.4, 0.5) is 0 Å². The van der Waals surface area contributed by atoms with Crippen LogP contribution in [0.25, 0.3) is 114 Å². The number of hydrogen-bond donors (Lipinski definition) is 0. The Kier molecular flexibility index (Phi) is 6.60. The summed E-state index contributed by atoms with van der Waals surface area (Å²) in [6.45, 7) is 0. The standard InChI is InChI=1S/C54H33N3S/c1-2-15-35(16-3-1)55-45-25-11-6-20-40(45)52-48(55)31-32-49-53(52)41-21-7-12-26-46(41)56(49)43-23-9-4-17-36(43)34-29-30-47-42(33-34)37-18-5-10-24-44(37)57(47)50-27-14-22-39-38-19-8-13-28-51(38)58-54(39)50/h1-33H. The lowest BCUT2D eigenvalue weighted by Gasteiger charge is -2.15. The Morgan fingerprint density at radius 2 is 0.828 bits per heavy atom. The summed E-state index contributed by atoms with van der Waals surface area (Å²) in [5, 5.41) is 10.2. The van der Waals surface area contributed by atoms with Crippen molar-refractivity contribution < 1.29 is 0 Å². The molecule has 0 bridgehead atoms. The summed E-state index contributed by atoms with van der Waals surface area (Å²) in [7, 11) is 0. The Morgan fingerprint density at radius 3 is 1.60 bits per heavy atom. The van der Waals surface area contributed by atoms with Crippen LogP contribution in [0.15, 0.2) is 200 Å². The van der Waals surface area contributed by atoms with E-state index in [1.165, 1.54) is 108 Å². The third kappa shape index (κ3) is 4.32. The lowest BCUT2D eigenvalue weighted by Crippen LogP contribution is -1.97. The molecule has 0 saturated carbocycles. The Labute approximate surface area is 337 Å². The van der Waals surface area contributed by atoms with Crippen molar-refractivity contribution in [2.45, 2.75) is 0 Å². The zero-order valence-corrected chi connectivity index (χ0v) is 32.1. The van der Waals surface area contributed by atoms with Crippen molar-refractivity contribution in [3.63, 3.8) is 0 Å². The molecule has 0 saturated heterocycles. The number of benzene rings is 9. The SMILES string of the molecule is c1ccc(-n2c3ccccc3c3c4c5ccccc5n(-c5ccccc5-c5ccc6c(c5)c5ccccc5n6-c5cccc6c5sc5ccccc56)c4ccc32)cc1. The maximum Gasteiger partial charge on any atom is 0.0640 e. The second-order valence-corrected chi connectivity index (χ2v) is 16.3. The molecule has 0 unspecified atom stereocenters. The van der Waals surface area contributed by atoms with Crippen LogP contribution in [-0.2, 0) is 0 Å². The summed E-state index contributed by atoms with van der Waals surface area (Å²) in [6, 6.07) is 73.5. The minimum Gasteiger partial charge on any atom is -0.309 e. The molecule has 13 rings (SSSR count). The van der Waals surface area contributed by atoms with Gasteiger partial charge in [-0.15, -0.1) is 11.3 Å². The number of fused-ring (bicyclic) bond motifs is 13. The van der Waals surface area contributed by atoms with Crippen LogP contribution in [0.3, 0.4) is 0 Å². The molecule has 58 heavy (non-hydrogen) atoms. The first-order chi connectivity index (χ1) is 28.8. The quantitative estimate of drug-likeness (QED) is 0.170. The highest BCUT2D eigenvalue weighted by Crippen LogP contribution is 2.45. The molecular weight excluding hydrogens is 723 g/mol. The monoisotopic (exact) mass is 755 g/mol. The molecule has 0 fully saturated rings. The zero-order chi connectivity index (χ0) is 37.9. The smallest absolute Gasteiger partial charge is 0.0640 e. The van der Waals surface area contributed by atoms with Gasteiger partial charge < -0.3 is 13.7 Å². The van der Waals surface area contributed by atoms with Crippen LogP contribution in [0.5, 0.6) is 0 Å². The predicted octanol–water partition coefficient (Wildman–Crippen LogP) is 15.0. The van der Waals surface area contributed by atoms with Gasteiger partial charge in [-0.25, -0.2) is 0 Å². The van der Waals surface area contributed by atoms with Crippen molar-refractivity contribution in [3.8, 4) is 28.2 Å². The molecule has 0 aliphatic rings. The first kappa shape index (κ1) is 31.8. The molecule has 0 atom stereocenters. The van der Waals surface area contributed by atoms with Crippen molar-refractivity contribution in [3.05, 3.63) is 200 Å². The number of thiophene rings is 1. The third-order valence-corrected chi connectivity index (χ3v) is 13.4. The highest BCUT2D eigenvalue weighted by molar-refractivity contribution is 7.26. The van der Waals surface area contributed by atoms with Crippen LogP contribution >= 0.6 is 11.3 Å². The van der Waals surface area contributed by atoms with E-state index >= 15 is 0 Å². The second-order valence-electron chi connectivity index (χ2n) is 15.2. The van der Waals surface area contributed by atoms with Gasteiger partial charge in [0.05, 0.1) is 49.2 Å². The number of rotatable bonds is 4. The normalized spacial score (nSPS) is 12.1. The molecular formula is C54H33N3S. The van der Waals surface area contributed by atoms with E-state index in [1.54, 1.807) is 0 Å².